The number of thiophene rings is 1. The summed E-state index contributed by atoms with van der Waals surface area (Å²) < 4.78 is 0.870. The van der Waals surface area contributed by atoms with Gasteiger partial charge in [0.05, 0.1) is 5.56 Å². The largest absolute Gasteiger partial charge is 0.507 e. The highest BCUT2D eigenvalue weighted by atomic mass is 79.9. The first-order chi connectivity index (χ1) is 13.6. The zero-order valence-electron chi connectivity index (χ0n) is 15.1. The van der Waals surface area contributed by atoms with Gasteiger partial charge in [-0.2, -0.15) is 5.26 Å². The summed E-state index contributed by atoms with van der Waals surface area (Å²) in [4.78, 5) is 8.15. The van der Waals surface area contributed by atoms with Crippen LogP contribution in [0.15, 0.2) is 58.0 Å². The Kier molecular flexibility index (Phi) is 5.58. The van der Waals surface area contributed by atoms with Gasteiger partial charge in [0.2, 0.25) is 0 Å². The molecule has 2 heterocycles. The zero-order valence-corrected chi connectivity index (χ0v) is 17.5. The summed E-state index contributed by atoms with van der Waals surface area (Å²) in [6, 6.07) is 18.0. The van der Waals surface area contributed by atoms with Crippen LogP contribution in [0.1, 0.15) is 27.1 Å². The smallest absolute Gasteiger partial charge is 0.134 e. The van der Waals surface area contributed by atoms with E-state index in [0.717, 1.165) is 36.1 Å². The number of nitrogens with zero attached hydrogens (tertiary/aromatic N) is 3. The van der Waals surface area contributed by atoms with Crippen molar-refractivity contribution < 1.29 is 5.11 Å². The van der Waals surface area contributed by atoms with Crippen LogP contribution in [0.4, 0.5) is 5.00 Å². The van der Waals surface area contributed by atoms with Crippen molar-refractivity contribution in [3.05, 3.63) is 80.1 Å². The molecule has 1 aromatic heterocycles. The summed E-state index contributed by atoms with van der Waals surface area (Å²) >= 11 is 4.98. The van der Waals surface area contributed by atoms with Gasteiger partial charge in [0.15, 0.2) is 0 Å². The van der Waals surface area contributed by atoms with Gasteiger partial charge >= 0.3 is 0 Å². The van der Waals surface area contributed by atoms with Crippen LogP contribution in [0.3, 0.4) is 0 Å². The summed E-state index contributed by atoms with van der Waals surface area (Å²) in [5.74, 6) is 0.167. The fourth-order valence-electron chi connectivity index (χ4n) is 3.38. The molecule has 0 amide bonds. The highest BCUT2D eigenvalue weighted by Gasteiger charge is 2.24. The number of hydrogen-bond acceptors (Lipinski definition) is 5. The minimum atomic E-state index is 0.167. The molecule has 0 aliphatic carbocycles. The summed E-state index contributed by atoms with van der Waals surface area (Å²) in [5, 5.41) is 20.4. The van der Waals surface area contributed by atoms with E-state index in [1.165, 1.54) is 10.4 Å². The van der Waals surface area contributed by atoms with Crippen LogP contribution in [0.25, 0.3) is 0 Å². The Morgan fingerprint density at radius 3 is 2.86 bits per heavy atom. The second kappa shape index (κ2) is 8.27. The van der Waals surface area contributed by atoms with Crippen molar-refractivity contribution in [3.8, 4) is 11.8 Å². The van der Waals surface area contributed by atoms with Crippen molar-refractivity contribution in [2.24, 2.45) is 4.99 Å². The van der Waals surface area contributed by atoms with Gasteiger partial charge in [0.25, 0.3) is 0 Å². The van der Waals surface area contributed by atoms with E-state index in [1.807, 2.05) is 6.07 Å². The zero-order chi connectivity index (χ0) is 19.5. The number of benzene rings is 2. The number of rotatable bonds is 4. The maximum atomic E-state index is 10.00. The molecular formula is C22H18BrN3OS. The molecule has 1 aliphatic heterocycles. The normalized spacial score (nSPS) is 14.1. The van der Waals surface area contributed by atoms with Crippen molar-refractivity contribution in [3.63, 3.8) is 0 Å². The Hall–Kier alpha value is -2.46. The van der Waals surface area contributed by atoms with E-state index in [2.05, 4.69) is 56.2 Å². The van der Waals surface area contributed by atoms with Gasteiger partial charge < -0.3 is 5.11 Å². The van der Waals surface area contributed by atoms with Crippen molar-refractivity contribution in [2.75, 3.05) is 6.54 Å². The summed E-state index contributed by atoms with van der Waals surface area (Å²) in [5.41, 5.74) is 3.72. The van der Waals surface area contributed by atoms with Crippen LogP contribution in [0.2, 0.25) is 0 Å². The number of phenolic OH excluding ortho intramolecular Hbond substituents is 1. The average Bonchev–Trinajstić information content (AvgIpc) is 3.06. The van der Waals surface area contributed by atoms with Gasteiger partial charge in [-0.05, 0) is 35.7 Å². The molecule has 28 heavy (non-hydrogen) atoms. The van der Waals surface area contributed by atoms with Crippen molar-refractivity contribution in [1.29, 1.82) is 5.26 Å². The lowest BCUT2D eigenvalue weighted by Crippen LogP contribution is -2.29. The molecule has 0 fully saturated rings. The van der Waals surface area contributed by atoms with E-state index in [0.29, 0.717) is 16.1 Å². The number of hydrogen-bond donors (Lipinski definition) is 1. The second-order valence-electron chi connectivity index (χ2n) is 6.70. The van der Waals surface area contributed by atoms with E-state index in [1.54, 1.807) is 35.8 Å². The first-order valence-electron chi connectivity index (χ1n) is 8.97. The number of phenols is 1. The number of nitriles is 1. The minimum Gasteiger partial charge on any atom is -0.507 e. The standard InChI is InChI=1S/C22H18BrN3OS/c23-17-6-7-20(27)16(10-17)12-25-22-19(11-24)18-8-9-26(14-21(18)28-22)13-15-4-2-1-3-5-15/h1-7,10,12,27H,8-9,13-14H2/b25-12+. The van der Waals surface area contributed by atoms with Crippen LogP contribution in [-0.2, 0) is 19.5 Å². The number of halogens is 1. The highest BCUT2D eigenvalue weighted by Crippen LogP contribution is 2.39. The predicted octanol–water partition coefficient (Wildman–Crippen LogP) is 5.40. The minimum absolute atomic E-state index is 0.167. The average molecular weight is 452 g/mol. The monoisotopic (exact) mass is 451 g/mol. The summed E-state index contributed by atoms with van der Waals surface area (Å²) in [6.45, 7) is 2.68. The summed E-state index contributed by atoms with van der Waals surface area (Å²) in [6.07, 6.45) is 2.49. The Morgan fingerprint density at radius 1 is 1.25 bits per heavy atom. The molecule has 3 aromatic rings. The lowest BCUT2D eigenvalue weighted by Gasteiger charge is -2.26. The van der Waals surface area contributed by atoms with Crippen LogP contribution in [0, 0.1) is 11.3 Å². The molecule has 0 bridgehead atoms. The third-order valence-corrected chi connectivity index (χ3v) is 6.41. The molecule has 0 atom stereocenters. The maximum absolute atomic E-state index is 10.00. The van der Waals surface area contributed by atoms with Gasteiger partial charge in [-0.3, -0.25) is 4.90 Å². The lowest BCUT2D eigenvalue weighted by molar-refractivity contribution is 0.249. The fourth-order valence-corrected chi connectivity index (χ4v) is 4.94. The molecule has 2 aromatic carbocycles. The molecule has 140 valence electrons. The van der Waals surface area contributed by atoms with E-state index in [4.69, 9.17) is 0 Å². The fraction of sp³-hybridized carbons (Fsp3) is 0.182. The van der Waals surface area contributed by atoms with Crippen LogP contribution in [0.5, 0.6) is 5.75 Å². The Bertz CT molecular complexity index is 1070. The van der Waals surface area contributed by atoms with Gasteiger partial charge in [0.1, 0.15) is 16.8 Å². The predicted molar refractivity (Wildman–Crippen MR) is 116 cm³/mol. The van der Waals surface area contributed by atoms with Gasteiger partial charge in [-0.25, -0.2) is 4.99 Å². The maximum Gasteiger partial charge on any atom is 0.134 e. The van der Waals surface area contributed by atoms with E-state index < -0.39 is 0 Å². The van der Waals surface area contributed by atoms with E-state index in [-0.39, 0.29) is 5.75 Å². The molecule has 6 heteroatoms. The molecule has 4 nitrogen and oxygen atoms in total. The quantitative estimate of drug-likeness (QED) is 0.540. The molecule has 0 spiro atoms. The van der Waals surface area contributed by atoms with Gasteiger partial charge in [-0.15, -0.1) is 11.3 Å². The highest BCUT2D eigenvalue weighted by molar-refractivity contribution is 9.10. The summed E-state index contributed by atoms with van der Waals surface area (Å²) in [7, 11) is 0. The SMILES string of the molecule is N#Cc1c(/N=C/c2cc(Br)ccc2O)sc2c1CCN(Cc1ccccc1)C2. The Balaban J connectivity index is 1.57. The van der Waals surface area contributed by atoms with Crippen molar-refractivity contribution >= 4 is 38.5 Å². The van der Waals surface area contributed by atoms with Crippen LogP contribution >= 0.6 is 27.3 Å². The van der Waals surface area contributed by atoms with Crippen LogP contribution in [-0.4, -0.2) is 22.8 Å². The molecule has 0 radical (unpaired) electrons. The number of aliphatic imine (C=N–C) groups is 1. The van der Waals surface area contributed by atoms with E-state index >= 15 is 0 Å². The van der Waals surface area contributed by atoms with Crippen molar-refractivity contribution in [2.45, 2.75) is 19.5 Å². The first-order valence-corrected chi connectivity index (χ1v) is 10.6. The lowest BCUT2D eigenvalue weighted by atomic mass is 10.0. The second-order valence-corrected chi connectivity index (χ2v) is 8.70. The molecule has 1 N–H and O–H groups in total. The molecule has 0 saturated heterocycles. The molecular weight excluding hydrogens is 434 g/mol. The third kappa shape index (κ3) is 4.02. The van der Waals surface area contributed by atoms with Gasteiger partial charge in [0, 0.05) is 40.8 Å². The topological polar surface area (TPSA) is 59.6 Å². The molecule has 4 rings (SSSR count). The number of aromatic hydroxyl groups is 1. The first kappa shape index (κ1) is 18.9. The number of fused-ring (bicyclic) bond motifs is 1. The molecule has 1 aliphatic rings. The van der Waals surface area contributed by atoms with Crippen molar-refractivity contribution in [1.82, 2.24) is 4.90 Å². The van der Waals surface area contributed by atoms with Gasteiger partial charge in [-0.1, -0.05) is 46.3 Å². The van der Waals surface area contributed by atoms with E-state index in [9.17, 15) is 10.4 Å². The Morgan fingerprint density at radius 2 is 2.07 bits per heavy atom. The van der Waals surface area contributed by atoms with Crippen LogP contribution < -0.4 is 0 Å². The molecule has 0 saturated carbocycles. The third-order valence-electron chi connectivity index (χ3n) is 4.79. The molecule has 0 unspecified atom stereocenters. The Labute approximate surface area is 176 Å².